The Bertz CT molecular complexity index is 1110. The van der Waals surface area contributed by atoms with Crippen molar-refractivity contribution >= 4 is 40.6 Å². The molecule has 0 spiro atoms. The molecule has 1 aromatic heterocycles. The summed E-state index contributed by atoms with van der Waals surface area (Å²) in [5.41, 5.74) is 1.90. The molecule has 0 unspecified atom stereocenters. The fourth-order valence-corrected chi connectivity index (χ4v) is 4.05. The number of halogens is 5. The minimum absolute atomic E-state index is 0.119. The Hall–Kier alpha value is -2.71. The molecular weight excluding hydrogens is 452 g/mol. The van der Waals surface area contributed by atoms with E-state index in [1.165, 1.54) is 24.3 Å². The number of amides is 1. The molecule has 2 atom stereocenters. The Labute approximate surface area is 186 Å². The molecule has 1 amide bonds. The molecule has 1 aliphatic rings. The number of nitrogens with zero attached hydrogens (tertiary/aromatic N) is 2. The van der Waals surface area contributed by atoms with Gasteiger partial charge in [0.2, 0.25) is 0 Å². The van der Waals surface area contributed by atoms with Gasteiger partial charge in [-0.1, -0.05) is 53.0 Å². The summed E-state index contributed by atoms with van der Waals surface area (Å²) < 4.78 is 42.2. The lowest BCUT2D eigenvalue weighted by atomic mass is 9.96. The molecule has 0 radical (unpaired) electrons. The summed E-state index contributed by atoms with van der Waals surface area (Å²) in [7, 11) is 0. The van der Waals surface area contributed by atoms with Gasteiger partial charge in [-0.2, -0.15) is 18.3 Å². The lowest BCUT2D eigenvalue weighted by Crippen LogP contribution is -2.35. The molecule has 2 heterocycles. The van der Waals surface area contributed by atoms with Crippen molar-refractivity contribution in [3.63, 3.8) is 0 Å². The minimum atomic E-state index is -4.53. The lowest BCUT2D eigenvalue weighted by Gasteiger charge is -2.33. The van der Waals surface area contributed by atoms with Crippen molar-refractivity contribution in [2.45, 2.75) is 31.6 Å². The number of carbonyl (C=O) groups excluding carboxylic acids is 1. The summed E-state index contributed by atoms with van der Waals surface area (Å²) in [4.78, 5) is 12.6. The maximum atomic E-state index is 13.8. The zero-order valence-corrected chi connectivity index (χ0v) is 17.7. The summed E-state index contributed by atoms with van der Waals surface area (Å²) in [6.07, 6.45) is -4.77. The van der Waals surface area contributed by atoms with Crippen molar-refractivity contribution < 1.29 is 18.0 Å². The topological polar surface area (TPSA) is 59.0 Å². The largest absolute Gasteiger partial charge is 0.410 e. The normalized spacial score (nSPS) is 18.3. The standard InChI is InChI=1S/C21H17Cl2F3N4O/c1-11-2-4-12(5-3-11)16-9-18(21(24,25)26)30-19(28-16)10-17(29-30)20(31)27-15-7-13(22)6-14(23)8-15/h2-8,10,16,18,28H,9H2,1H3,(H,27,31)/t16-,18-/m1/s1. The smallest absolute Gasteiger partial charge is 0.363 e. The van der Waals surface area contributed by atoms with Gasteiger partial charge in [-0.3, -0.25) is 4.79 Å². The van der Waals surface area contributed by atoms with Crippen LogP contribution in [-0.2, 0) is 0 Å². The second kappa shape index (κ2) is 8.09. The fourth-order valence-electron chi connectivity index (χ4n) is 3.52. The third-order valence-electron chi connectivity index (χ3n) is 5.02. The molecule has 162 valence electrons. The van der Waals surface area contributed by atoms with Crippen LogP contribution in [0.4, 0.5) is 24.7 Å². The van der Waals surface area contributed by atoms with Crippen LogP contribution in [0.3, 0.4) is 0 Å². The number of hydrogen-bond donors (Lipinski definition) is 2. The van der Waals surface area contributed by atoms with Crippen LogP contribution >= 0.6 is 23.2 Å². The third kappa shape index (κ3) is 4.65. The van der Waals surface area contributed by atoms with Gasteiger partial charge in [0, 0.05) is 28.2 Å². The molecule has 2 N–H and O–H groups in total. The molecule has 0 fully saturated rings. The molecule has 1 aliphatic heterocycles. The third-order valence-corrected chi connectivity index (χ3v) is 5.46. The highest BCUT2D eigenvalue weighted by Crippen LogP contribution is 2.43. The van der Waals surface area contributed by atoms with Gasteiger partial charge in [0.05, 0.1) is 6.04 Å². The van der Waals surface area contributed by atoms with Crippen LogP contribution in [0.2, 0.25) is 10.0 Å². The molecule has 0 saturated heterocycles. The van der Waals surface area contributed by atoms with Crippen molar-refractivity contribution in [1.82, 2.24) is 9.78 Å². The van der Waals surface area contributed by atoms with Gasteiger partial charge < -0.3 is 10.6 Å². The average molecular weight is 469 g/mol. The highest BCUT2D eigenvalue weighted by molar-refractivity contribution is 6.35. The summed E-state index contributed by atoms with van der Waals surface area (Å²) >= 11 is 11.8. The number of aromatic nitrogens is 2. The van der Waals surface area contributed by atoms with Gasteiger partial charge in [-0.15, -0.1) is 0 Å². The van der Waals surface area contributed by atoms with E-state index in [0.29, 0.717) is 15.7 Å². The van der Waals surface area contributed by atoms with Crippen LogP contribution in [0.15, 0.2) is 48.5 Å². The lowest BCUT2D eigenvalue weighted by molar-refractivity contribution is -0.173. The van der Waals surface area contributed by atoms with Gasteiger partial charge in [-0.05, 0) is 30.7 Å². The number of anilines is 2. The summed E-state index contributed by atoms with van der Waals surface area (Å²) in [6.45, 7) is 1.91. The molecule has 0 bridgehead atoms. The predicted molar refractivity (Wildman–Crippen MR) is 114 cm³/mol. The predicted octanol–water partition coefficient (Wildman–Crippen LogP) is 6.41. The number of rotatable bonds is 3. The quantitative estimate of drug-likeness (QED) is 0.466. The maximum Gasteiger partial charge on any atom is 0.410 e. The molecule has 5 nitrogen and oxygen atoms in total. The Balaban J connectivity index is 1.64. The first-order chi connectivity index (χ1) is 14.6. The summed E-state index contributed by atoms with van der Waals surface area (Å²) in [6, 6.07) is 10.6. The first kappa shape index (κ1) is 21.5. The van der Waals surface area contributed by atoms with E-state index in [9.17, 15) is 18.0 Å². The summed E-state index contributed by atoms with van der Waals surface area (Å²) in [5.74, 6) is -0.553. The van der Waals surface area contributed by atoms with Gasteiger partial charge in [-0.25, -0.2) is 4.68 Å². The number of fused-ring (bicyclic) bond motifs is 1. The molecule has 0 aliphatic carbocycles. The van der Waals surface area contributed by atoms with Gasteiger partial charge >= 0.3 is 6.18 Å². The van der Waals surface area contributed by atoms with E-state index in [-0.39, 0.29) is 17.9 Å². The molecule has 10 heteroatoms. The zero-order valence-electron chi connectivity index (χ0n) is 16.2. The highest BCUT2D eigenvalue weighted by atomic mass is 35.5. The van der Waals surface area contributed by atoms with Crippen LogP contribution < -0.4 is 10.6 Å². The van der Waals surface area contributed by atoms with E-state index in [2.05, 4.69) is 15.7 Å². The first-order valence-corrected chi connectivity index (χ1v) is 10.1. The van der Waals surface area contributed by atoms with E-state index in [4.69, 9.17) is 23.2 Å². The Morgan fingerprint density at radius 2 is 1.77 bits per heavy atom. The number of alkyl halides is 3. The maximum absolute atomic E-state index is 13.8. The molecule has 31 heavy (non-hydrogen) atoms. The van der Waals surface area contributed by atoms with E-state index in [0.717, 1.165) is 15.8 Å². The summed E-state index contributed by atoms with van der Waals surface area (Å²) in [5, 5.41) is 10.2. The Kier molecular flexibility index (Phi) is 5.61. The molecule has 3 aromatic rings. The van der Waals surface area contributed by atoms with Crippen molar-refractivity contribution in [1.29, 1.82) is 0 Å². The van der Waals surface area contributed by atoms with E-state index < -0.39 is 24.2 Å². The van der Waals surface area contributed by atoms with E-state index >= 15 is 0 Å². The van der Waals surface area contributed by atoms with Crippen molar-refractivity contribution in [3.8, 4) is 0 Å². The van der Waals surface area contributed by atoms with E-state index in [1.54, 1.807) is 12.1 Å². The van der Waals surface area contributed by atoms with Crippen LogP contribution in [0.1, 0.15) is 40.1 Å². The molecule has 4 rings (SSSR count). The SMILES string of the molecule is Cc1ccc([C@H]2C[C@H](C(F)(F)F)n3nc(C(=O)Nc4cc(Cl)cc(Cl)c4)cc3N2)cc1. The second-order valence-corrected chi connectivity index (χ2v) is 8.25. The Morgan fingerprint density at radius 1 is 1.13 bits per heavy atom. The zero-order chi connectivity index (χ0) is 22.3. The van der Waals surface area contributed by atoms with Gasteiger partial charge in [0.1, 0.15) is 5.82 Å². The van der Waals surface area contributed by atoms with Gasteiger partial charge in [0.15, 0.2) is 11.7 Å². The minimum Gasteiger partial charge on any atom is -0.363 e. The van der Waals surface area contributed by atoms with Crippen molar-refractivity contribution in [2.75, 3.05) is 10.6 Å². The average Bonchev–Trinajstić information content (AvgIpc) is 3.10. The van der Waals surface area contributed by atoms with Crippen molar-refractivity contribution in [2.24, 2.45) is 0 Å². The molecule has 0 saturated carbocycles. The van der Waals surface area contributed by atoms with E-state index in [1.807, 2.05) is 19.1 Å². The van der Waals surface area contributed by atoms with Gasteiger partial charge in [0.25, 0.3) is 5.91 Å². The number of carbonyl (C=O) groups is 1. The highest BCUT2D eigenvalue weighted by Gasteiger charge is 2.46. The second-order valence-electron chi connectivity index (χ2n) is 7.37. The van der Waals surface area contributed by atoms with Crippen LogP contribution in [0, 0.1) is 6.92 Å². The van der Waals surface area contributed by atoms with Crippen molar-refractivity contribution in [3.05, 3.63) is 75.4 Å². The van der Waals surface area contributed by atoms with Crippen LogP contribution in [-0.4, -0.2) is 21.9 Å². The number of nitrogens with one attached hydrogen (secondary N) is 2. The van der Waals surface area contributed by atoms with Crippen LogP contribution in [0.25, 0.3) is 0 Å². The van der Waals surface area contributed by atoms with Crippen LogP contribution in [0.5, 0.6) is 0 Å². The number of aryl methyl sites for hydroxylation is 1. The fraction of sp³-hybridized carbons (Fsp3) is 0.238. The number of benzene rings is 2. The Morgan fingerprint density at radius 3 is 2.39 bits per heavy atom. The number of hydrogen-bond acceptors (Lipinski definition) is 3. The molecule has 2 aromatic carbocycles. The first-order valence-electron chi connectivity index (χ1n) is 9.37. The molecular formula is C21H17Cl2F3N4O. The monoisotopic (exact) mass is 468 g/mol.